The van der Waals surface area contributed by atoms with Crippen molar-refractivity contribution in [3.05, 3.63) is 21.9 Å². The summed E-state index contributed by atoms with van der Waals surface area (Å²) in [5.74, 6) is -0.808. The molecule has 1 rings (SSSR count). The lowest BCUT2D eigenvalue weighted by Gasteiger charge is -2.19. The molecule has 2 unspecified atom stereocenters. The number of hydrogen-bond acceptors (Lipinski definition) is 3. The van der Waals surface area contributed by atoms with Gasteiger partial charge in [0.05, 0.1) is 0 Å². The molecular weight excluding hydrogens is 246 g/mol. The van der Waals surface area contributed by atoms with Crippen LogP contribution in [0.4, 0.5) is 0 Å². The highest BCUT2D eigenvalue weighted by molar-refractivity contribution is 7.12. The predicted molar refractivity (Wildman–Crippen MR) is 76.3 cm³/mol. The van der Waals surface area contributed by atoms with Crippen LogP contribution < -0.4 is 5.32 Å². The monoisotopic (exact) mass is 269 g/mol. The summed E-state index contributed by atoms with van der Waals surface area (Å²) in [5.41, 5.74) is 0.0718. The lowest BCUT2D eigenvalue weighted by atomic mass is 9.95. The molecule has 1 aromatic rings. The van der Waals surface area contributed by atoms with Crippen LogP contribution in [0.15, 0.2) is 12.1 Å². The summed E-state index contributed by atoms with van der Waals surface area (Å²) >= 11 is 1.59. The van der Waals surface area contributed by atoms with Gasteiger partial charge in [-0.1, -0.05) is 27.7 Å². The minimum Gasteiger partial charge on any atom is -0.480 e. The predicted octanol–water partition coefficient (Wildman–Crippen LogP) is 3.56. The molecule has 0 aliphatic rings. The number of carboxylic acids is 1. The molecule has 4 heteroatoms. The molecule has 0 aromatic carbocycles. The van der Waals surface area contributed by atoms with E-state index in [9.17, 15) is 9.90 Å². The first-order chi connectivity index (χ1) is 8.25. The summed E-state index contributed by atoms with van der Waals surface area (Å²) in [5, 5.41) is 12.5. The molecule has 1 heterocycles. The number of carboxylic acid groups (broad SMARTS) is 1. The van der Waals surface area contributed by atoms with Crippen molar-refractivity contribution in [1.29, 1.82) is 0 Å². The molecular formula is C14H23NO2S. The van der Waals surface area contributed by atoms with Crippen molar-refractivity contribution in [2.45, 2.75) is 58.5 Å². The molecule has 0 amide bonds. The first-order valence-corrected chi connectivity index (χ1v) is 7.16. The number of rotatable bonds is 5. The fraction of sp³-hybridized carbons (Fsp3) is 0.643. The number of aliphatic carboxylic acids is 1. The van der Waals surface area contributed by atoms with Gasteiger partial charge < -0.3 is 5.11 Å². The minimum atomic E-state index is -0.808. The topological polar surface area (TPSA) is 49.3 Å². The number of nitrogens with one attached hydrogen (secondary N) is 1. The highest BCUT2D eigenvalue weighted by atomic mass is 32.1. The van der Waals surface area contributed by atoms with E-state index >= 15 is 0 Å². The van der Waals surface area contributed by atoms with Crippen LogP contribution in [0.2, 0.25) is 0 Å². The van der Waals surface area contributed by atoms with Gasteiger partial charge in [0.2, 0.25) is 0 Å². The molecule has 2 atom stereocenters. The van der Waals surface area contributed by atoms with Gasteiger partial charge in [-0.25, -0.2) is 0 Å². The molecule has 0 aliphatic heterocycles. The second kappa shape index (κ2) is 5.85. The summed E-state index contributed by atoms with van der Waals surface area (Å²) in [4.78, 5) is 13.5. The van der Waals surface area contributed by atoms with E-state index in [0.717, 1.165) is 11.3 Å². The van der Waals surface area contributed by atoms with Crippen molar-refractivity contribution in [2.75, 3.05) is 0 Å². The maximum absolute atomic E-state index is 11.4. The lowest BCUT2D eigenvalue weighted by molar-refractivity contribution is -0.139. The van der Waals surface area contributed by atoms with Crippen molar-refractivity contribution < 1.29 is 9.90 Å². The quantitative estimate of drug-likeness (QED) is 0.859. The Hall–Kier alpha value is -0.870. The Morgan fingerprint density at radius 3 is 2.44 bits per heavy atom. The van der Waals surface area contributed by atoms with Crippen molar-refractivity contribution in [2.24, 2.45) is 0 Å². The summed E-state index contributed by atoms with van der Waals surface area (Å²) in [6.07, 6.45) is 0.918. The van der Waals surface area contributed by atoms with Crippen molar-refractivity contribution in [1.82, 2.24) is 5.32 Å². The Bertz CT molecular complexity index is 406. The van der Waals surface area contributed by atoms with Crippen molar-refractivity contribution >= 4 is 17.3 Å². The Morgan fingerprint density at radius 2 is 2.06 bits per heavy atom. The maximum atomic E-state index is 11.4. The average molecular weight is 269 g/mol. The lowest BCUT2D eigenvalue weighted by Crippen LogP contribution is -2.34. The molecule has 0 bridgehead atoms. The standard InChI is InChI=1S/C14H23NO2S/c1-6-9(2)15-12(13(16)17)10-7-8-11(18-10)14(3,4)5/h7-9,12,15H,6H2,1-5H3,(H,16,17). The number of carbonyl (C=O) groups is 1. The van der Waals surface area contributed by atoms with Gasteiger partial charge in [-0.3, -0.25) is 10.1 Å². The molecule has 1 aromatic heterocycles. The highest BCUT2D eigenvalue weighted by Gasteiger charge is 2.25. The third-order valence-corrected chi connectivity index (χ3v) is 4.54. The van der Waals surface area contributed by atoms with Crippen LogP contribution in [0.3, 0.4) is 0 Å². The molecule has 102 valence electrons. The van der Waals surface area contributed by atoms with E-state index in [2.05, 4.69) is 26.1 Å². The number of hydrogen-bond donors (Lipinski definition) is 2. The molecule has 0 fully saturated rings. The zero-order valence-corrected chi connectivity index (χ0v) is 12.6. The molecule has 18 heavy (non-hydrogen) atoms. The van der Waals surface area contributed by atoms with E-state index in [1.807, 2.05) is 26.0 Å². The Morgan fingerprint density at radius 1 is 1.44 bits per heavy atom. The SMILES string of the molecule is CCC(C)NC(C(=O)O)c1ccc(C(C)(C)C)s1. The summed E-state index contributed by atoms with van der Waals surface area (Å²) in [6, 6.07) is 3.57. The largest absolute Gasteiger partial charge is 0.480 e. The van der Waals surface area contributed by atoms with Crippen molar-refractivity contribution in [3.8, 4) is 0 Å². The molecule has 0 saturated carbocycles. The molecule has 0 aliphatic carbocycles. The maximum Gasteiger partial charge on any atom is 0.326 e. The van der Waals surface area contributed by atoms with Gasteiger partial charge in [-0.15, -0.1) is 11.3 Å². The van der Waals surface area contributed by atoms with Crippen molar-refractivity contribution in [3.63, 3.8) is 0 Å². The van der Waals surface area contributed by atoms with Gasteiger partial charge in [0.1, 0.15) is 6.04 Å². The van der Waals surface area contributed by atoms with E-state index in [4.69, 9.17) is 0 Å². The molecule has 0 saturated heterocycles. The average Bonchev–Trinajstić information content (AvgIpc) is 2.73. The van der Waals surface area contributed by atoms with Gasteiger partial charge in [0, 0.05) is 15.8 Å². The summed E-state index contributed by atoms with van der Waals surface area (Å²) in [6.45, 7) is 10.5. The molecule has 0 spiro atoms. The Balaban J connectivity index is 2.93. The zero-order chi connectivity index (χ0) is 13.9. The van der Waals surface area contributed by atoms with E-state index in [-0.39, 0.29) is 11.5 Å². The van der Waals surface area contributed by atoms with Crippen LogP contribution in [-0.2, 0) is 10.2 Å². The zero-order valence-electron chi connectivity index (χ0n) is 11.8. The third-order valence-electron chi connectivity index (χ3n) is 2.96. The fourth-order valence-corrected chi connectivity index (χ4v) is 2.71. The van der Waals surface area contributed by atoms with Crippen LogP contribution in [0, 0.1) is 0 Å². The van der Waals surface area contributed by atoms with E-state index in [1.54, 1.807) is 11.3 Å². The summed E-state index contributed by atoms with van der Waals surface area (Å²) in [7, 11) is 0. The Kier molecular flexibility index (Phi) is 4.93. The smallest absolute Gasteiger partial charge is 0.326 e. The van der Waals surface area contributed by atoms with Gasteiger partial charge in [-0.2, -0.15) is 0 Å². The fourth-order valence-electron chi connectivity index (χ4n) is 1.59. The first kappa shape index (κ1) is 15.2. The molecule has 2 N–H and O–H groups in total. The van der Waals surface area contributed by atoms with Crippen LogP contribution in [0.1, 0.15) is 56.8 Å². The van der Waals surface area contributed by atoms with Gasteiger partial charge in [0.25, 0.3) is 0 Å². The Labute approximate surface area is 113 Å². The van der Waals surface area contributed by atoms with Crippen LogP contribution >= 0.6 is 11.3 Å². The summed E-state index contributed by atoms with van der Waals surface area (Å²) < 4.78 is 0. The first-order valence-electron chi connectivity index (χ1n) is 6.34. The van der Waals surface area contributed by atoms with Crippen LogP contribution in [-0.4, -0.2) is 17.1 Å². The molecule has 3 nitrogen and oxygen atoms in total. The minimum absolute atomic E-state index is 0.0718. The second-order valence-electron chi connectivity index (χ2n) is 5.70. The van der Waals surface area contributed by atoms with Crippen LogP contribution in [0.5, 0.6) is 0 Å². The highest BCUT2D eigenvalue weighted by Crippen LogP contribution is 2.32. The third kappa shape index (κ3) is 3.82. The second-order valence-corrected chi connectivity index (χ2v) is 6.81. The number of thiophene rings is 1. The van der Waals surface area contributed by atoms with Gasteiger partial charge >= 0.3 is 5.97 Å². The van der Waals surface area contributed by atoms with Gasteiger partial charge in [0.15, 0.2) is 0 Å². The normalized spacial score (nSPS) is 15.4. The van der Waals surface area contributed by atoms with E-state index in [0.29, 0.717) is 0 Å². The van der Waals surface area contributed by atoms with Crippen LogP contribution in [0.25, 0.3) is 0 Å². The van der Waals surface area contributed by atoms with Gasteiger partial charge in [-0.05, 0) is 30.9 Å². The molecule has 0 radical (unpaired) electrons. The van der Waals surface area contributed by atoms with E-state index < -0.39 is 12.0 Å². The van der Waals surface area contributed by atoms with E-state index in [1.165, 1.54) is 4.88 Å².